The van der Waals surface area contributed by atoms with Crippen molar-refractivity contribution in [2.75, 3.05) is 25.5 Å². The molecule has 6 nitrogen and oxygen atoms in total. The highest BCUT2D eigenvalue weighted by molar-refractivity contribution is 7.89. The van der Waals surface area contributed by atoms with Crippen LogP contribution in [-0.4, -0.2) is 40.1 Å². The van der Waals surface area contributed by atoms with Crippen LogP contribution in [0.25, 0.3) is 10.8 Å². The number of sulfonamides is 1. The van der Waals surface area contributed by atoms with Crippen LogP contribution in [0.4, 0.5) is 5.69 Å². The molecular formula is C19H26N2O4S. The number of hydrogen-bond donors (Lipinski definition) is 2. The first kappa shape index (κ1) is 20.2. The van der Waals surface area contributed by atoms with Gasteiger partial charge >= 0.3 is 5.97 Å². The molecule has 0 fully saturated rings. The first-order valence-electron chi connectivity index (χ1n) is 8.73. The predicted molar refractivity (Wildman–Crippen MR) is 104 cm³/mol. The predicted octanol–water partition coefficient (Wildman–Crippen LogP) is 3.22. The lowest BCUT2D eigenvalue weighted by Gasteiger charge is -2.17. The van der Waals surface area contributed by atoms with Gasteiger partial charge in [-0.25, -0.2) is 13.1 Å². The van der Waals surface area contributed by atoms with E-state index in [1.54, 1.807) is 12.1 Å². The SMILES string of the molecule is CN(C)c1cccc2c(S(=O)(=O)NCCCCCCC(=O)O)cccc12. The third kappa shape index (κ3) is 5.19. The largest absolute Gasteiger partial charge is 0.481 e. The number of carboxylic acids is 1. The number of nitrogens with zero attached hydrogens (tertiary/aromatic N) is 1. The summed E-state index contributed by atoms with van der Waals surface area (Å²) in [5.74, 6) is -0.793. The average molecular weight is 378 g/mol. The number of nitrogens with one attached hydrogen (secondary N) is 1. The quantitative estimate of drug-likeness (QED) is 0.620. The molecule has 0 aliphatic carbocycles. The molecular weight excluding hydrogens is 352 g/mol. The van der Waals surface area contributed by atoms with Gasteiger partial charge in [0.1, 0.15) is 0 Å². The van der Waals surface area contributed by atoms with E-state index in [0.717, 1.165) is 23.9 Å². The monoisotopic (exact) mass is 378 g/mol. The number of benzene rings is 2. The van der Waals surface area contributed by atoms with Crippen LogP contribution in [0.1, 0.15) is 32.1 Å². The summed E-state index contributed by atoms with van der Waals surface area (Å²) in [6.45, 7) is 0.346. The van der Waals surface area contributed by atoms with Gasteiger partial charge in [-0.1, -0.05) is 37.1 Å². The van der Waals surface area contributed by atoms with Crippen molar-refractivity contribution >= 4 is 32.5 Å². The van der Waals surface area contributed by atoms with E-state index in [9.17, 15) is 13.2 Å². The molecule has 0 amide bonds. The van der Waals surface area contributed by atoms with E-state index in [2.05, 4.69) is 4.72 Å². The summed E-state index contributed by atoms with van der Waals surface area (Å²) in [5.41, 5.74) is 0.970. The zero-order chi connectivity index (χ0) is 19.2. The second-order valence-corrected chi connectivity index (χ2v) is 8.21. The Morgan fingerprint density at radius 2 is 1.65 bits per heavy atom. The van der Waals surface area contributed by atoms with E-state index in [4.69, 9.17) is 5.11 Å². The molecule has 7 heteroatoms. The Morgan fingerprint density at radius 1 is 1.00 bits per heavy atom. The van der Waals surface area contributed by atoms with E-state index >= 15 is 0 Å². The number of hydrogen-bond acceptors (Lipinski definition) is 4. The normalized spacial score (nSPS) is 11.6. The average Bonchev–Trinajstić information content (AvgIpc) is 2.59. The fraction of sp³-hybridized carbons (Fsp3) is 0.421. The highest BCUT2D eigenvalue weighted by atomic mass is 32.2. The number of rotatable bonds is 10. The minimum Gasteiger partial charge on any atom is -0.481 e. The van der Waals surface area contributed by atoms with Crippen LogP contribution in [0.2, 0.25) is 0 Å². The fourth-order valence-electron chi connectivity index (χ4n) is 2.93. The molecule has 0 saturated heterocycles. The van der Waals surface area contributed by atoms with E-state index in [-0.39, 0.29) is 11.3 Å². The van der Waals surface area contributed by atoms with Crippen molar-refractivity contribution in [1.29, 1.82) is 0 Å². The number of anilines is 1. The third-order valence-electron chi connectivity index (χ3n) is 4.24. The van der Waals surface area contributed by atoms with E-state index in [1.165, 1.54) is 0 Å². The van der Waals surface area contributed by atoms with Gasteiger partial charge < -0.3 is 10.0 Å². The molecule has 0 heterocycles. The highest BCUT2D eigenvalue weighted by Crippen LogP contribution is 2.30. The maximum atomic E-state index is 12.7. The molecule has 0 spiro atoms. The number of aliphatic carboxylic acids is 1. The summed E-state index contributed by atoms with van der Waals surface area (Å²) in [6.07, 6.45) is 3.06. The molecule has 0 atom stereocenters. The fourth-order valence-corrected chi connectivity index (χ4v) is 4.22. The number of carbonyl (C=O) groups is 1. The highest BCUT2D eigenvalue weighted by Gasteiger charge is 2.17. The zero-order valence-corrected chi connectivity index (χ0v) is 16.1. The van der Waals surface area contributed by atoms with Crippen LogP contribution in [-0.2, 0) is 14.8 Å². The maximum Gasteiger partial charge on any atom is 0.303 e. The molecule has 2 aromatic rings. The van der Waals surface area contributed by atoms with Crippen LogP contribution in [0.3, 0.4) is 0 Å². The van der Waals surface area contributed by atoms with E-state index in [0.29, 0.717) is 24.8 Å². The lowest BCUT2D eigenvalue weighted by Crippen LogP contribution is -2.25. The topological polar surface area (TPSA) is 86.7 Å². The maximum absolute atomic E-state index is 12.7. The first-order chi connectivity index (χ1) is 12.3. The smallest absolute Gasteiger partial charge is 0.303 e. The minimum absolute atomic E-state index is 0.163. The third-order valence-corrected chi connectivity index (χ3v) is 5.76. The van der Waals surface area contributed by atoms with Crippen molar-refractivity contribution < 1.29 is 18.3 Å². The van der Waals surface area contributed by atoms with Crippen LogP contribution in [0.5, 0.6) is 0 Å². The number of carboxylic acid groups (broad SMARTS) is 1. The van der Waals surface area contributed by atoms with Gasteiger partial charge in [-0.15, -0.1) is 0 Å². The molecule has 0 aliphatic heterocycles. The van der Waals surface area contributed by atoms with E-state index < -0.39 is 16.0 Å². The van der Waals surface area contributed by atoms with Gasteiger partial charge in [-0.2, -0.15) is 0 Å². The van der Waals surface area contributed by atoms with Crippen LogP contribution in [0, 0.1) is 0 Å². The minimum atomic E-state index is -3.60. The Hall–Kier alpha value is -2.12. The Kier molecular flexibility index (Phi) is 6.99. The van der Waals surface area contributed by atoms with Gasteiger partial charge in [0, 0.05) is 43.5 Å². The standard InChI is InChI=1S/C19H26N2O4S/c1-21(2)17-11-7-10-16-15(17)9-8-12-18(16)26(24,25)20-14-6-4-3-5-13-19(22)23/h7-12,20H,3-6,13-14H2,1-2H3,(H,22,23). The number of unbranched alkanes of at least 4 members (excludes halogenated alkanes) is 3. The molecule has 142 valence electrons. The molecule has 0 unspecified atom stereocenters. The first-order valence-corrected chi connectivity index (χ1v) is 10.2. The Bertz CT molecular complexity index is 863. The molecule has 2 N–H and O–H groups in total. The summed E-state index contributed by atoms with van der Waals surface area (Å²) in [4.78, 5) is 12.7. The zero-order valence-electron chi connectivity index (χ0n) is 15.2. The number of fused-ring (bicyclic) bond motifs is 1. The van der Waals surface area contributed by atoms with Gasteiger partial charge in [0.2, 0.25) is 10.0 Å². The van der Waals surface area contributed by atoms with Crippen molar-refractivity contribution in [2.24, 2.45) is 0 Å². The molecule has 26 heavy (non-hydrogen) atoms. The molecule has 0 radical (unpaired) electrons. The van der Waals surface area contributed by atoms with Crippen LogP contribution in [0.15, 0.2) is 41.3 Å². The summed E-state index contributed by atoms with van der Waals surface area (Å²) < 4.78 is 28.1. The molecule has 0 bridgehead atoms. The molecule has 0 aromatic heterocycles. The molecule has 0 saturated carbocycles. The van der Waals surface area contributed by atoms with Crippen LogP contribution < -0.4 is 9.62 Å². The van der Waals surface area contributed by atoms with Crippen molar-refractivity contribution in [3.8, 4) is 0 Å². The molecule has 0 aliphatic rings. The lowest BCUT2D eigenvalue weighted by molar-refractivity contribution is -0.137. The Labute approximate surface area is 154 Å². The van der Waals surface area contributed by atoms with Gasteiger partial charge in [0.25, 0.3) is 0 Å². The van der Waals surface area contributed by atoms with Crippen molar-refractivity contribution in [3.63, 3.8) is 0 Å². The van der Waals surface area contributed by atoms with Crippen molar-refractivity contribution in [2.45, 2.75) is 37.0 Å². The summed E-state index contributed by atoms with van der Waals surface area (Å²) in [5, 5.41) is 10.2. The molecule has 2 aromatic carbocycles. The Morgan fingerprint density at radius 3 is 2.35 bits per heavy atom. The van der Waals surface area contributed by atoms with Gasteiger partial charge in [-0.3, -0.25) is 4.79 Å². The summed E-state index contributed by atoms with van der Waals surface area (Å²) >= 11 is 0. The van der Waals surface area contributed by atoms with Crippen molar-refractivity contribution in [3.05, 3.63) is 36.4 Å². The summed E-state index contributed by atoms with van der Waals surface area (Å²) in [6, 6.07) is 10.9. The second-order valence-electron chi connectivity index (χ2n) is 6.48. The van der Waals surface area contributed by atoms with E-state index in [1.807, 2.05) is 43.3 Å². The van der Waals surface area contributed by atoms with Gasteiger partial charge in [0.15, 0.2) is 0 Å². The molecule has 2 rings (SSSR count). The second kappa shape index (κ2) is 9.00. The van der Waals surface area contributed by atoms with Gasteiger partial charge in [-0.05, 0) is 25.0 Å². The van der Waals surface area contributed by atoms with Gasteiger partial charge in [0.05, 0.1) is 4.90 Å². The van der Waals surface area contributed by atoms with Crippen molar-refractivity contribution in [1.82, 2.24) is 4.72 Å². The summed E-state index contributed by atoms with van der Waals surface area (Å²) in [7, 11) is 0.260. The lowest BCUT2D eigenvalue weighted by atomic mass is 10.1. The Balaban J connectivity index is 2.05. The van der Waals surface area contributed by atoms with Crippen LogP contribution >= 0.6 is 0 Å².